The number of carbonyl (C=O) groups excluding carboxylic acids is 3. The van der Waals surface area contributed by atoms with E-state index >= 15 is 0 Å². The molecular weight excluding hydrogens is 400 g/mol. The van der Waals surface area contributed by atoms with Crippen LogP contribution in [0.2, 0.25) is 0 Å². The lowest BCUT2D eigenvalue weighted by atomic mass is 10.0. The minimum absolute atomic E-state index is 0.0106. The quantitative estimate of drug-likeness (QED) is 0.687. The lowest BCUT2D eigenvalue weighted by molar-refractivity contribution is -0.128. The first-order chi connectivity index (χ1) is 15.0. The summed E-state index contributed by atoms with van der Waals surface area (Å²) in [5, 5.41) is 2.82. The Morgan fingerprint density at radius 2 is 1.87 bits per heavy atom. The predicted molar refractivity (Wildman–Crippen MR) is 113 cm³/mol. The highest BCUT2D eigenvalue weighted by atomic mass is 16.7. The van der Waals surface area contributed by atoms with Gasteiger partial charge in [0.15, 0.2) is 23.4 Å². The number of hydrogen-bond donors (Lipinski definition) is 1. The largest absolute Gasteiger partial charge is 0.479 e. The molecule has 8 nitrogen and oxygen atoms in total. The summed E-state index contributed by atoms with van der Waals surface area (Å²) in [5.74, 6) is 1.13. The summed E-state index contributed by atoms with van der Waals surface area (Å²) in [6.07, 6.45) is 0.431. The van der Waals surface area contributed by atoms with Crippen LogP contribution in [0.5, 0.6) is 17.2 Å². The van der Waals surface area contributed by atoms with Gasteiger partial charge < -0.3 is 19.5 Å². The monoisotopic (exact) mass is 424 g/mol. The van der Waals surface area contributed by atoms with Gasteiger partial charge in [-0.05, 0) is 49.2 Å². The first-order valence-corrected chi connectivity index (χ1v) is 10.3. The summed E-state index contributed by atoms with van der Waals surface area (Å²) in [7, 11) is 0. The van der Waals surface area contributed by atoms with Crippen LogP contribution in [0.25, 0.3) is 0 Å². The Morgan fingerprint density at radius 1 is 1.10 bits per heavy atom. The molecule has 1 atom stereocenters. The average Bonchev–Trinajstić information content (AvgIpc) is 3.23. The number of Topliss-reactive ketones (excluding diaryl/α,β-unsaturated/α-hetero) is 1. The molecule has 1 N–H and O–H groups in total. The summed E-state index contributed by atoms with van der Waals surface area (Å²) in [5.41, 5.74) is 1.78. The van der Waals surface area contributed by atoms with Gasteiger partial charge in [0, 0.05) is 18.5 Å². The van der Waals surface area contributed by atoms with E-state index in [-0.39, 0.29) is 37.5 Å². The zero-order valence-electron chi connectivity index (χ0n) is 17.5. The Kier molecular flexibility index (Phi) is 5.79. The van der Waals surface area contributed by atoms with E-state index in [1.165, 1.54) is 4.90 Å². The molecule has 0 spiro atoms. The molecule has 2 aromatic carbocycles. The Bertz CT molecular complexity index is 1030. The Morgan fingerprint density at radius 3 is 2.68 bits per heavy atom. The molecule has 0 bridgehead atoms. The van der Waals surface area contributed by atoms with Crippen molar-refractivity contribution in [2.24, 2.45) is 0 Å². The maximum atomic E-state index is 12.7. The molecule has 0 fully saturated rings. The van der Waals surface area contributed by atoms with E-state index in [0.717, 1.165) is 12.0 Å². The highest BCUT2D eigenvalue weighted by Gasteiger charge is 2.33. The van der Waals surface area contributed by atoms with Crippen molar-refractivity contribution in [1.82, 2.24) is 5.32 Å². The second-order valence-electron chi connectivity index (χ2n) is 7.50. The molecule has 31 heavy (non-hydrogen) atoms. The third kappa shape index (κ3) is 4.33. The second-order valence-corrected chi connectivity index (χ2v) is 7.50. The number of ketones is 1. The summed E-state index contributed by atoms with van der Waals surface area (Å²) >= 11 is 0. The molecule has 0 aliphatic carbocycles. The third-order valence-electron chi connectivity index (χ3n) is 5.19. The van der Waals surface area contributed by atoms with Gasteiger partial charge >= 0.3 is 0 Å². The first-order valence-electron chi connectivity index (χ1n) is 10.3. The van der Waals surface area contributed by atoms with Crippen molar-refractivity contribution < 1.29 is 28.6 Å². The second kappa shape index (κ2) is 8.67. The molecule has 0 saturated carbocycles. The van der Waals surface area contributed by atoms with Crippen LogP contribution >= 0.6 is 0 Å². The molecule has 2 amide bonds. The zero-order chi connectivity index (χ0) is 22.0. The van der Waals surface area contributed by atoms with E-state index in [1.807, 2.05) is 19.1 Å². The standard InChI is InChI=1S/C23H24N2O6/c1-3-4-18(26)16-6-8-19-17(10-16)25(23(28)14(2)31-19)12-22(27)24-11-15-5-7-20-21(9-15)30-13-29-20/h5-10,14H,3-4,11-13H2,1-2H3,(H,24,27). The molecule has 0 radical (unpaired) electrons. The van der Waals surface area contributed by atoms with Crippen LogP contribution in [0.1, 0.15) is 42.6 Å². The number of nitrogens with zero attached hydrogens (tertiary/aromatic N) is 1. The molecule has 2 heterocycles. The smallest absolute Gasteiger partial charge is 0.268 e. The lowest BCUT2D eigenvalue weighted by Crippen LogP contribution is -2.48. The van der Waals surface area contributed by atoms with Gasteiger partial charge in [-0.15, -0.1) is 0 Å². The fourth-order valence-electron chi connectivity index (χ4n) is 3.57. The van der Waals surface area contributed by atoms with Gasteiger partial charge in [-0.1, -0.05) is 13.0 Å². The van der Waals surface area contributed by atoms with Crippen molar-refractivity contribution in [3.63, 3.8) is 0 Å². The molecule has 162 valence electrons. The Balaban J connectivity index is 1.48. The fourth-order valence-corrected chi connectivity index (χ4v) is 3.57. The Labute approximate surface area is 180 Å². The molecule has 4 rings (SSSR count). The maximum Gasteiger partial charge on any atom is 0.268 e. The molecule has 0 aromatic heterocycles. The number of carbonyl (C=O) groups is 3. The van der Waals surface area contributed by atoms with E-state index in [9.17, 15) is 14.4 Å². The van der Waals surface area contributed by atoms with Crippen LogP contribution < -0.4 is 24.4 Å². The first kappa shape index (κ1) is 20.7. The third-order valence-corrected chi connectivity index (χ3v) is 5.19. The summed E-state index contributed by atoms with van der Waals surface area (Å²) < 4.78 is 16.3. The topological polar surface area (TPSA) is 94.2 Å². The van der Waals surface area contributed by atoms with Crippen LogP contribution in [0.4, 0.5) is 5.69 Å². The van der Waals surface area contributed by atoms with Crippen molar-refractivity contribution >= 4 is 23.3 Å². The highest BCUT2D eigenvalue weighted by Crippen LogP contribution is 2.35. The number of amides is 2. The van der Waals surface area contributed by atoms with Crippen LogP contribution in [0.3, 0.4) is 0 Å². The highest BCUT2D eigenvalue weighted by molar-refractivity contribution is 6.05. The number of anilines is 1. The van der Waals surface area contributed by atoms with Crippen molar-refractivity contribution in [1.29, 1.82) is 0 Å². The Hall–Kier alpha value is -3.55. The van der Waals surface area contributed by atoms with E-state index < -0.39 is 6.10 Å². The van der Waals surface area contributed by atoms with Gasteiger partial charge in [-0.2, -0.15) is 0 Å². The van der Waals surface area contributed by atoms with Crippen molar-refractivity contribution in [2.75, 3.05) is 18.2 Å². The van der Waals surface area contributed by atoms with Crippen molar-refractivity contribution in [3.8, 4) is 17.2 Å². The molecule has 1 unspecified atom stereocenters. The SMILES string of the molecule is CCCC(=O)c1ccc2c(c1)N(CC(=O)NCc1ccc3c(c1)OCO3)C(=O)C(C)O2. The summed E-state index contributed by atoms with van der Waals surface area (Å²) in [6.45, 7) is 3.87. The maximum absolute atomic E-state index is 12.7. The molecule has 0 saturated heterocycles. The number of ether oxygens (including phenoxy) is 3. The molecule has 2 aromatic rings. The lowest BCUT2D eigenvalue weighted by Gasteiger charge is -2.32. The average molecular weight is 424 g/mol. The van der Waals surface area contributed by atoms with Crippen LogP contribution in [-0.4, -0.2) is 37.0 Å². The molecule has 8 heteroatoms. The number of hydrogen-bond acceptors (Lipinski definition) is 6. The minimum Gasteiger partial charge on any atom is -0.479 e. The summed E-state index contributed by atoms with van der Waals surface area (Å²) in [6, 6.07) is 10.4. The number of benzene rings is 2. The fraction of sp³-hybridized carbons (Fsp3) is 0.348. The summed E-state index contributed by atoms with van der Waals surface area (Å²) in [4.78, 5) is 39.0. The van der Waals surface area contributed by atoms with Gasteiger partial charge in [0.25, 0.3) is 5.91 Å². The minimum atomic E-state index is -0.716. The van der Waals surface area contributed by atoms with Gasteiger partial charge in [0.1, 0.15) is 12.3 Å². The number of rotatable bonds is 7. The zero-order valence-corrected chi connectivity index (χ0v) is 17.5. The van der Waals surface area contributed by atoms with Crippen LogP contribution in [0.15, 0.2) is 36.4 Å². The number of nitrogens with one attached hydrogen (secondary N) is 1. The molecule has 2 aliphatic heterocycles. The molecular formula is C23H24N2O6. The molecule has 2 aliphatic rings. The van der Waals surface area contributed by atoms with E-state index in [0.29, 0.717) is 34.9 Å². The van der Waals surface area contributed by atoms with Crippen LogP contribution in [-0.2, 0) is 16.1 Å². The van der Waals surface area contributed by atoms with Gasteiger partial charge in [-0.3, -0.25) is 19.3 Å². The van der Waals surface area contributed by atoms with Gasteiger partial charge in [0.05, 0.1) is 5.69 Å². The van der Waals surface area contributed by atoms with Crippen molar-refractivity contribution in [3.05, 3.63) is 47.5 Å². The van der Waals surface area contributed by atoms with Crippen molar-refractivity contribution in [2.45, 2.75) is 39.3 Å². The number of fused-ring (bicyclic) bond motifs is 2. The van der Waals surface area contributed by atoms with E-state index in [2.05, 4.69) is 5.32 Å². The van der Waals surface area contributed by atoms with Gasteiger partial charge in [-0.25, -0.2) is 0 Å². The van der Waals surface area contributed by atoms with E-state index in [1.54, 1.807) is 31.2 Å². The van der Waals surface area contributed by atoms with Crippen LogP contribution in [0, 0.1) is 0 Å². The normalized spacial score (nSPS) is 16.5. The van der Waals surface area contributed by atoms with E-state index in [4.69, 9.17) is 14.2 Å². The van der Waals surface area contributed by atoms with Gasteiger partial charge in [0.2, 0.25) is 12.7 Å². The predicted octanol–water partition coefficient (Wildman–Crippen LogP) is 2.83.